The average Bonchev–Trinajstić information content (AvgIpc) is 2.37. The summed E-state index contributed by atoms with van der Waals surface area (Å²) in [5.74, 6) is -0.969. The second kappa shape index (κ2) is 4.89. The number of hydrogen-bond acceptors (Lipinski definition) is 3. The molecule has 0 saturated carbocycles. The maximum absolute atomic E-state index is 10.7. The molecule has 1 N–H and O–H groups in total. The summed E-state index contributed by atoms with van der Waals surface area (Å²) in [5.41, 5.74) is 1.03. The molecule has 19 heavy (non-hydrogen) atoms. The highest BCUT2D eigenvalue weighted by molar-refractivity contribution is 5.93. The van der Waals surface area contributed by atoms with Gasteiger partial charge in [0.05, 0.1) is 4.92 Å². The Kier molecular flexibility index (Phi) is 3.29. The molecule has 0 radical (unpaired) electrons. The monoisotopic (exact) mass is 257 g/mol. The number of nitro benzene ring substituents is 1. The lowest BCUT2D eigenvalue weighted by molar-refractivity contribution is -0.384. The van der Waals surface area contributed by atoms with Crippen molar-refractivity contribution in [3.8, 4) is 0 Å². The first-order valence-electron chi connectivity index (χ1n) is 5.57. The fraction of sp³-hybridized carbons (Fsp3) is 0.0714. The molecule has 0 spiro atoms. The zero-order valence-electron chi connectivity index (χ0n) is 10.2. The van der Waals surface area contributed by atoms with Crippen LogP contribution >= 0.6 is 0 Å². The van der Waals surface area contributed by atoms with E-state index < -0.39 is 10.9 Å². The molecule has 0 aliphatic carbocycles. The minimum absolute atomic E-state index is 0.0394. The zero-order valence-corrected chi connectivity index (χ0v) is 10.2. The summed E-state index contributed by atoms with van der Waals surface area (Å²) in [4.78, 5) is 21.0. The van der Waals surface area contributed by atoms with Crippen LogP contribution in [0.3, 0.4) is 0 Å². The Hall–Kier alpha value is -2.69. The molecule has 0 aromatic heterocycles. The highest BCUT2D eigenvalue weighted by atomic mass is 16.6. The van der Waals surface area contributed by atoms with Gasteiger partial charge < -0.3 is 5.11 Å². The Morgan fingerprint density at radius 2 is 1.84 bits per heavy atom. The molecule has 5 nitrogen and oxygen atoms in total. The standard InChI is InChI=1S/C14H11NO4/c1-9(14(16)17)6-10-2-3-12-8-13(15(18)19)5-4-11(12)7-10/h2-8H,1H3,(H,16,17). The fourth-order valence-electron chi connectivity index (χ4n) is 1.77. The van der Waals surface area contributed by atoms with Crippen LogP contribution in [0.1, 0.15) is 12.5 Å². The molecule has 0 amide bonds. The molecule has 2 aromatic carbocycles. The van der Waals surface area contributed by atoms with Crippen LogP contribution in [0.25, 0.3) is 16.8 Å². The minimum atomic E-state index is -0.969. The predicted molar refractivity (Wildman–Crippen MR) is 71.9 cm³/mol. The van der Waals surface area contributed by atoms with Gasteiger partial charge >= 0.3 is 5.97 Å². The van der Waals surface area contributed by atoms with Crippen LogP contribution in [-0.4, -0.2) is 16.0 Å². The van der Waals surface area contributed by atoms with Crippen molar-refractivity contribution in [1.29, 1.82) is 0 Å². The summed E-state index contributed by atoms with van der Waals surface area (Å²) in [7, 11) is 0. The molecule has 0 saturated heterocycles. The highest BCUT2D eigenvalue weighted by Crippen LogP contribution is 2.22. The molecule has 2 aromatic rings. The van der Waals surface area contributed by atoms with Gasteiger partial charge in [0.2, 0.25) is 0 Å². The van der Waals surface area contributed by atoms with E-state index in [1.54, 1.807) is 30.3 Å². The maximum Gasteiger partial charge on any atom is 0.331 e. The second-order valence-electron chi connectivity index (χ2n) is 4.18. The Bertz CT molecular complexity index is 704. The molecule has 0 atom stereocenters. The molecular weight excluding hydrogens is 246 g/mol. The topological polar surface area (TPSA) is 80.4 Å². The first-order chi connectivity index (χ1) is 8.97. The third kappa shape index (κ3) is 2.77. The number of hydrogen-bond donors (Lipinski definition) is 1. The van der Waals surface area contributed by atoms with Crippen LogP contribution in [0.15, 0.2) is 42.0 Å². The Labute approximate surface area is 108 Å². The van der Waals surface area contributed by atoms with Crippen molar-refractivity contribution in [1.82, 2.24) is 0 Å². The van der Waals surface area contributed by atoms with Crippen molar-refractivity contribution in [2.45, 2.75) is 6.92 Å². The Morgan fingerprint density at radius 3 is 2.47 bits per heavy atom. The third-order valence-corrected chi connectivity index (χ3v) is 2.78. The van der Waals surface area contributed by atoms with E-state index in [1.165, 1.54) is 19.1 Å². The summed E-state index contributed by atoms with van der Waals surface area (Å²) < 4.78 is 0. The minimum Gasteiger partial charge on any atom is -0.478 e. The van der Waals surface area contributed by atoms with Crippen molar-refractivity contribution < 1.29 is 14.8 Å². The number of carboxylic acid groups (broad SMARTS) is 1. The molecule has 0 fully saturated rings. The van der Waals surface area contributed by atoms with E-state index in [-0.39, 0.29) is 11.3 Å². The fourth-order valence-corrected chi connectivity index (χ4v) is 1.77. The normalized spacial score (nSPS) is 11.5. The van der Waals surface area contributed by atoms with Crippen molar-refractivity contribution in [3.63, 3.8) is 0 Å². The van der Waals surface area contributed by atoms with Gasteiger partial charge in [-0.1, -0.05) is 12.1 Å². The molecule has 0 aliphatic heterocycles. The van der Waals surface area contributed by atoms with Crippen LogP contribution in [0.5, 0.6) is 0 Å². The highest BCUT2D eigenvalue weighted by Gasteiger charge is 2.06. The Balaban J connectivity index is 2.48. The van der Waals surface area contributed by atoms with Crippen LogP contribution in [0.4, 0.5) is 5.69 Å². The van der Waals surface area contributed by atoms with Crippen LogP contribution in [0, 0.1) is 10.1 Å². The summed E-state index contributed by atoms with van der Waals surface area (Å²) >= 11 is 0. The largest absolute Gasteiger partial charge is 0.478 e. The molecule has 0 bridgehead atoms. The lowest BCUT2D eigenvalue weighted by Gasteiger charge is -2.01. The first-order valence-corrected chi connectivity index (χ1v) is 5.57. The summed E-state index contributed by atoms with van der Waals surface area (Å²) in [6.45, 7) is 1.52. The van der Waals surface area contributed by atoms with Crippen LogP contribution in [-0.2, 0) is 4.79 Å². The van der Waals surface area contributed by atoms with E-state index in [0.29, 0.717) is 0 Å². The Morgan fingerprint density at radius 1 is 1.21 bits per heavy atom. The molecule has 0 heterocycles. The molecular formula is C14H11NO4. The van der Waals surface area contributed by atoms with Gasteiger partial charge in [-0.3, -0.25) is 10.1 Å². The van der Waals surface area contributed by atoms with Gasteiger partial charge in [0.1, 0.15) is 0 Å². The van der Waals surface area contributed by atoms with Crippen molar-refractivity contribution in [2.24, 2.45) is 0 Å². The van der Waals surface area contributed by atoms with Gasteiger partial charge in [-0.25, -0.2) is 4.79 Å². The molecule has 5 heteroatoms. The maximum atomic E-state index is 10.7. The van der Waals surface area contributed by atoms with Crippen LogP contribution < -0.4 is 0 Å². The van der Waals surface area contributed by atoms with E-state index in [2.05, 4.69) is 0 Å². The average molecular weight is 257 g/mol. The number of benzene rings is 2. The van der Waals surface area contributed by atoms with E-state index in [4.69, 9.17) is 5.11 Å². The molecule has 96 valence electrons. The van der Waals surface area contributed by atoms with Crippen molar-refractivity contribution in [2.75, 3.05) is 0 Å². The molecule has 0 aliphatic rings. The van der Waals surface area contributed by atoms with E-state index in [1.807, 2.05) is 0 Å². The number of rotatable bonds is 3. The van der Waals surface area contributed by atoms with E-state index in [9.17, 15) is 14.9 Å². The van der Waals surface area contributed by atoms with Gasteiger partial charge in [-0.05, 0) is 41.5 Å². The van der Waals surface area contributed by atoms with E-state index in [0.717, 1.165) is 16.3 Å². The van der Waals surface area contributed by atoms with Crippen molar-refractivity contribution >= 4 is 28.5 Å². The van der Waals surface area contributed by atoms with Gasteiger partial charge in [-0.2, -0.15) is 0 Å². The number of carbonyl (C=O) groups is 1. The number of carboxylic acids is 1. The molecule has 2 rings (SSSR count). The number of nitro groups is 1. The summed E-state index contributed by atoms with van der Waals surface area (Å²) in [6, 6.07) is 9.85. The first kappa shape index (κ1) is 12.8. The van der Waals surface area contributed by atoms with Gasteiger partial charge in [0, 0.05) is 17.7 Å². The van der Waals surface area contributed by atoms with Crippen LogP contribution in [0.2, 0.25) is 0 Å². The number of nitrogens with zero attached hydrogens (tertiary/aromatic N) is 1. The number of aliphatic carboxylic acids is 1. The zero-order chi connectivity index (χ0) is 14.0. The number of non-ortho nitro benzene ring substituents is 1. The second-order valence-corrected chi connectivity index (χ2v) is 4.18. The summed E-state index contributed by atoms with van der Waals surface area (Å²) in [6.07, 6.45) is 1.56. The SMILES string of the molecule is CC(=Cc1ccc2cc([N+](=O)[O-])ccc2c1)C(=O)O. The molecule has 0 unspecified atom stereocenters. The lowest BCUT2D eigenvalue weighted by Crippen LogP contribution is -1.95. The lowest BCUT2D eigenvalue weighted by atomic mass is 10.0. The van der Waals surface area contributed by atoms with Gasteiger partial charge in [0.25, 0.3) is 5.69 Å². The predicted octanol–water partition coefficient (Wildman–Crippen LogP) is 3.24. The van der Waals surface area contributed by atoms with Crippen molar-refractivity contribution in [3.05, 3.63) is 57.6 Å². The number of fused-ring (bicyclic) bond motifs is 1. The van der Waals surface area contributed by atoms with Gasteiger partial charge in [-0.15, -0.1) is 0 Å². The summed E-state index contributed by atoms with van der Waals surface area (Å²) in [5, 5.41) is 21.1. The van der Waals surface area contributed by atoms with E-state index >= 15 is 0 Å². The smallest absolute Gasteiger partial charge is 0.331 e. The van der Waals surface area contributed by atoms with Gasteiger partial charge in [0.15, 0.2) is 0 Å². The third-order valence-electron chi connectivity index (χ3n) is 2.78. The quantitative estimate of drug-likeness (QED) is 0.520.